The van der Waals surface area contributed by atoms with Gasteiger partial charge in [-0.25, -0.2) is 9.59 Å². The van der Waals surface area contributed by atoms with Crippen molar-refractivity contribution < 1.29 is 24.2 Å². The summed E-state index contributed by atoms with van der Waals surface area (Å²) >= 11 is 0. The Balaban J connectivity index is 1.99. The van der Waals surface area contributed by atoms with Gasteiger partial charge in [-0.2, -0.15) is 0 Å². The van der Waals surface area contributed by atoms with Crippen LogP contribution in [0, 0.1) is 0 Å². The molecule has 1 N–H and O–H groups in total. The highest BCUT2D eigenvalue weighted by Crippen LogP contribution is 2.14. The molecule has 0 amide bonds. The second kappa shape index (κ2) is 5.46. The summed E-state index contributed by atoms with van der Waals surface area (Å²) in [6.45, 7) is 0.736. The van der Waals surface area contributed by atoms with Crippen LogP contribution >= 0.6 is 0 Å². The Hall–Kier alpha value is -2.14. The largest absolute Gasteiger partial charge is 0.478 e. The van der Waals surface area contributed by atoms with Gasteiger partial charge in [-0.1, -0.05) is 12.1 Å². The second-order valence-corrected chi connectivity index (χ2v) is 3.82. The molecule has 1 aromatic rings. The summed E-state index contributed by atoms with van der Waals surface area (Å²) in [5.74, 6) is -1.83. The van der Waals surface area contributed by atoms with Gasteiger partial charge >= 0.3 is 11.9 Å². The van der Waals surface area contributed by atoms with Crippen LogP contribution in [0.4, 0.5) is 0 Å². The quantitative estimate of drug-likeness (QED) is 0.489. The van der Waals surface area contributed by atoms with E-state index in [0.29, 0.717) is 6.42 Å². The molecule has 1 saturated heterocycles. The molecule has 2 rings (SSSR count). The van der Waals surface area contributed by atoms with Gasteiger partial charge in [0.1, 0.15) is 0 Å². The molecular weight excluding hydrogens is 236 g/mol. The molecule has 0 radical (unpaired) electrons. The van der Waals surface area contributed by atoms with E-state index < -0.39 is 11.9 Å². The summed E-state index contributed by atoms with van der Waals surface area (Å²) in [4.78, 5) is 22.6. The molecule has 0 bridgehead atoms. The highest BCUT2D eigenvalue weighted by molar-refractivity contribution is 6.02. The monoisotopic (exact) mass is 248 g/mol. The van der Waals surface area contributed by atoms with Crippen molar-refractivity contribution in [3.05, 3.63) is 47.7 Å². The van der Waals surface area contributed by atoms with Crippen molar-refractivity contribution >= 4 is 11.9 Å². The predicted molar refractivity (Wildman–Crippen MR) is 62.3 cm³/mol. The fraction of sp³-hybridized carbons (Fsp3) is 0.231. The number of carbonyl (C=O) groups is 2. The first-order valence-electron chi connectivity index (χ1n) is 5.48. The number of carboxylic acid groups (broad SMARTS) is 1. The maximum atomic E-state index is 11.7. The normalized spacial score (nSPS) is 17.7. The summed E-state index contributed by atoms with van der Waals surface area (Å²) < 4.78 is 9.84. The fourth-order valence-electron chi connectivity index (χ4n) is 1.43. The Morgan fingerprint density at radius 3 is 2.67 bits per heavy atom. The van der Waals surface area contributed by atoms with Crippen molar-refractivity contribution in [3.63, 3.8) is 0 Å². The van der Waals surface area contributed by atoms with Crippen LogP contribution in [0.25, 0.3) is 0 Å². The molecule has 0 aliphatic carbocycles. The second-order valence-electron chi connectivity index (χ2n) is 3.82. The number of carboxylic acids is 1. The topological polar surface area (TPSA) is 76.1 Å². The van der Waals surface area contributed by atoms with Crippen molar-refractivity contribution in [1.29, 1.82) is 0 Å². The Kier molecular flexibility index (Phi) is 3.74. The third kappa shape index (κ3) is 3.18. The van der Waals surface area contributed by atoms with Gasteiger partial charge in [0.2, 0.25) is 0 Å². The summed E-state index contributed by atoms with van der Waals surface area (Å²) in [6.07, 6.45) is 3.86. The summed E-state index contributed by atoms with van der Waals surface area (Å²) in [5, 5.41) is 8.92. The molecule has 0 saturated carbocycles. The zero-order valence-electron chi connectivity index (χ0n) is 9.54. The number of epoxide rings is 1. The SMILES string of the molecule is O=C(O)c1ccccc1C(=O)OC=CCC1CO1. The average Bonchev–Trinajstić information content (AvgIpc) is 3.18. The number of benzene rings is 1. The summed E-state index contributed by atoms with van der Waals surface area (Å²) in [6, 6.07) is 5.93. The standard InChI is InChI=1S/C13H12O5/c14-12(15)10-5-1-2-6-11(10)13(16)17-7-3-4-9-8-18-9/h1-3,5-7,9H,4,8H2,(H,14,15). The van der Waals surface area contributed by atoms with Gasteiger partial charge in [0.05, 0.1) is 30.1 Å². The van der Waals surface area contributed by atoms with E-state index in [1.807, 2.05) is 0 Å². The van der Waals surface area contributed by atoms with E-state index in [1.165, 1.54) is 18.4 Å². The minimum atomic E-state index is -1.15. The van der Waals surface area contributed by atoms with Crippen LogP contribution in [-0.4, -0.2) is 29.8 Å². The molecule has 0 spiro atoms. The van der Waals surface area contributed by atoms with Gasteiger partial charge in [-0.05, 0) is 24.6 Å². The van der Waals surface area contributed by atoms with Gasteiger partial charge in [-0.3, -0.25) is 0 Å². The lowest BCUT2D eigenvalue weighted by molar-refractivity contribution is 0.0631. The zero-order chi connectivity index (χ0) is 13.0. The van der Waals surface area contributed by atoms with Crippen molar-refractivity contribution in [2.75, 3.05) is 6.61 Å². The van der Waals surface area contributed by atoms with Gasteiger partial charge in [-0.15, -0.1) is 0 Å². The number of carbonyl (C=O) groups excluding carboxylic acids is 1. The van der Waals surface area contributed by atoms with E-state index in [2.05, 4.69) is 0 Å². The lowest BCUT2D eigenvalue weighted by atomic mass is 10.1. The van der Waals surface area contributed by atoms with E-state index in [0.717, 1.165) is 6.61 Å². The molecule has 5 heteroatoms. The number of esters is 1. The first kappa shape index (κ1) is 12.3. The highest BCUT2D eigenvalue weighted by Gasteiger charge is 2.20. The molecule has 5 nitrogen and oxygen atoms in total. The Morgan fingerprint density at radius 2 is 2.06 bits per heavy atom. The molecule has 1 fully saturated rings. The maximum Gasteiger partial charge on any atom is 0.343 e. The van der Waals surface area contributed by atoms with Gasteiger partial charge in [0.25, 0.3) is 0 Å². The van der Waals surface area contributed by atoms with Crippen LogP contribution in [0.3, 0.4) is 0 Å². The lowest BCUT2D eigenvalue weighted by Crippen LogP contribution is -2.09. The van der Waals surface area contributed by atoms with Crippen molar-refractivity contribution in [1.82, 2.24) is 0 Å². The molecule has 1 aliphatic heterocycles. The number of ether oxygens (including phenoxy) is 2. The Bertz CT molecular complexity index is 488. The van der Waals surface area contributed by atoms with E-state index in [9.17, 15) is 9.59 Å². The molecule has 1 heterocycles. The van der Waals surface area contributed by atoms with Gasteiger partial charge in [0, 0.05) is 0 Å². The van der Waals surface area contributed by atoms with E-state index >= 15 is 0 Å². The number of aromatic carboxylic acids is 1. The minimum Gasteiger partial charge on any atom is -0.478 e. The molecular formula is C13H12O5. The maximum absolute atomic E-state index is 11.7. The van der Waals surface area contributed by atoms with Crippen LogP contribution in [-0.2, 0) is 9.47 Å². The molecule has 1 atom stereocenters. The van der Waals surface area contributed by atoms with Gasteiger partial charge < -0.3 is 14.6 Å². The highest BCUT2D eigenvalue weighted by atomic mass is 16.6. The molecule has 1 aromatic carbocycles. The molecule has 1 unspecified atom stereocenters. The number of rotatable bonds is 5. The average molecular weight is 248 g/mol. The van der Waals surface area contributed by atoms with Crippen molar-refractivity contribution in [2.45, 2.75) is 12.5 Å². The van der Waals surface area contributed by atoms with Crippen molar-refractivity contribution in [3.8, 4) is 0 Å². The number of hydrogen-bond donors (Lipinski definition) is 1. The summed E-state index contributed by atoms with van der Waals surface area (Å²) in [5.41, 5.74) is -0.0289. The van der Waals surface area contributed by atoms with Crippen LogP contribution in [0.5, 0.6) is 0 Å². The first-order chi connectivity index (χ1) is 8.68. The third-order valence-corrected chi connectivity index (χ3v) is 2.45. The van der Waals surface area contributed by atoms with Crippen molar-refractivity contribution in [2.24, 2.45) is 0 Å². The third-order valence-electron chi connectivity index (χ3n) is 2.45. The van der Waals surface area contributed by atoms with Crippen LogP contribution in [0.2, 0.25) is 0 Å². The minimum absolute atomic E-state index is 0.0392. The van der Waals surface area contributed by atoms with E-state index in [-0.39, 0.29) is 17.2 Å². The first-order valence-corrected chi connectivity index (χ1v) is 5.48. The zero-order valence-corrected chi connectivity index (χ0v) is 9.54. The molecule has 18 heavy (non-hydrogen) atoms. The van der Waals surface area contributed by atoms with E-state index in [4.69, 9.17) is 14.6 Å². The smallest absolute Gasteiger partial charge is 0.343 e. The van der Waals surface area contributed by atoms with Gasteiger partial charge in [0.15, 0.2) is 0 Å². The lowest BCUT2D eigenvalue weighted by Gasteiger charge is -2.03. The number of hydrogen-bond acceptors (Lipinski definition) is 4. The van der Waals surface area contributed by atoms with Crippen LogP contribution in [0.15, 0.2) is 36.6 Å². The predicted octanol–water partition coefficient (Wildman–Crippen LogP) is 1.84. The molecule has 0 aromatic heterocycles. The van der Waals surface area contributed by atoms with E-state index in [1.54, 1.807) is 18.2 Å². The van der Waals surface area contributed by atoms with Crippen LogP contribution in [0.1, 0.15) is 27.1 Å². The Morgan fingerprint density at radius 1 is 1.39 bits per heavy atom. The Labute approximate surface area is 104 Å². The molecule has 94 valence electrons. The van der Waals surface area contributed by atoms with Crippen LogP contribution < -0.4 is 0 Å². The molecule has 1 aliphatic rings. The fourth-order valence-corrected chi connectivity index (χ4v) is 1.43. The summed E-state index contributed by atoms with van der Waals surface area (Å²) in [7, 11) is 0.